The van der Waals surface area contributed by atoms with Gasteiger partial charge in [-0.3, -0.25) is 9.59 Å². The molecule has 0 saturated heterocycles. The van der Waals surface area contributed by atoms with Crippen LogP contribution in [0.15, 0.2) is 53.9 Å². The molecule has 0 bridgehead atoms. The van der Waals surface area contributed by atoms with Crippen molar-refractivity contribution in [2.45, 2.75) is 19.1 Å². The van der Waals surface area contributed by atoms with Crippen molar-refractivity contribution in [2.24, 2.45) is 5.73 Å². The summed E-state index contributed by atoms with van der Waals surface area (Å²) in [6, 6.07) is 15.0. The van der Waals surface area contributed by atoms with E-state index in [0.717, 1.165) is 22.7 Å². The second kappa shape index (κ2) is 9.52. The topological polar surface area (TPSA) is 85.1 Å². The molecule has 0 aliphatic rings. The minimum atomic E-state index is -0.489. The number of nitrogens with zero attached hydrogens (tertiary/aromatic N) is 1. The van der Waals surface area contributed by atoms with Gasteiger partial charge in [-0.05, 0) is 36.2 Å². The molecule has 3 N–H and O–H groups in total. The van der Waals surface area contributed by atoms with Gasteiger partial charge in [-0.1, -0.05) is 31.2 Å². The number of hydrogen-bond donors (Lipinski definition) is 2. The maximum atomic E-state index is 12.1. The average Bonchev–Trinajstić information content (AvgIpc) is 3.17. The third-order valence-electron chi connectivity index (χ3n) is 4.10. The summed E-state index contributed by atoms with van der Waals surface area (Å²) in [4.78, 5) is 27.8. The van der Waals surface area contributed by atoms with Gasteiger partial charge in [-0.15, -0.1) is 23.1 Å². The second-order valence-corrected chi connectivity index (χ2v) is 8.02. The normalized spacial score (nSPS) is 10.6. The summed E-state index contributed by atoms with van der Waals surface area (Å²) in [6.45, 7) is 2.14. The van der Waals surface area contributed by atoms with Crippen molar-refractivity contribution in [1.82, 2.24) is 4.98 Å². The van der Waals surface area contributed by atoms with Gasteiger partial charge in [0.15, 0.2) is 0 Å². The molecule has 0 saturated carbocycles. The Kier molecular flexibility index (Phi) is 6.84. The minimum absolute atomic E-state index is 0.0950. The highest BCUT2D eigenvalue weighted by molar-refractivity contribution is 7.99. The Hall–Kier alpha value is -2.64. The third-order valence-corrected chi connectivity index (χ3v) is 6.00. The van der Waals surface area contributed by atoms with Gasteiger partial charge in [0.2, 0.25) is 11.8 Å². The first-order valence-corrected chi connectivity index (χ1v) is 10.9. The lowest BCUT2D eigenvalue weighted by molar-refractivity contribution is -0.113. The molecule has 0 radical (unpaired) electrons. The van der Waals surface area contributed by atoms with Crippen LogP contribution in [0.5, 0.6) is 0 Å². The van der Waals surface area contributed by atoms with Crippen molar-refractivity contribution >= 4 is 40.6 Å². The molecule has 0 atom stereocenters. The number of hydrogen-bond acceptors (Lipinski definition) is 5. The Balaban J connectivity index is 1.47. The molecule has 5 nitrogen and oxygen atoms in total. The molecular formula is C21H21N3O2S2. The molecule has 0 unspecified atom stereocenters. The fourth-order valence-corrected chi connectivity index (χ4v) is 4.20. The van der Waals surface area contributed by atoms with E-state index < -0.39 is 5.91 Å². The SMILES string of the molecule is CCc1ccc(-c2nc(CSCC(=O)Nc3ccc(C(N)=O)cc3)cs2)cc1. The predicted molar refractivity (Wildman–Crippen MR) is 117 cm³/mol. The van der Waals surface area contributed by atoms with Crippen LogP contribution in [0.2, 0.25) is 0 Å². The summed E-state index contributed by atoms with van der Waals surface area (Å²) in [5, 5.41) is 5.84. The molecule has 0 fully saturated rings. The van der Waals surface area contributed by atoms with Crippen molar-refractivity contribution in [2.75, 3.05) is 11.1 Å². The smallest absolute Gasteiger partial charge is 0.248 e. The van der Waals surface area contributed by atoms with E-state index in [9.17, 15) is 9.59 Å². The van der Waals surface area contributed by atoms with Crippen molar-refractivity contribution < 1.29 is 9.59 Å². The van der Waals surface area contributed by atoms with Gasteiger partial charge in [-0.25, -0.2) is 4.98 Å². The van der Waals surface area contributed by atoms with Crippen LogP contribution in [-0.4, -0.2) is 22.6 Å². The number of carbonyl (C=O) groups excluding carboxylic acids is 2. The Morgan fingerprint density at radius 3 is 2.46 bits per heavy atom. The third kappa shape index (κ3) is 5.43. The summed E-state index contributed by atoms with van der Waals surface area (Å²) < 4.78 is 0. The fourth-order valence-electron chi connectivity index (χ4n) is 2.55. The summed E-state index contributed by atoms with van der Waals surface area (Å²) in [6.07, 6.45) is 1.03. The quantitative estimate of drug-likeness (QED) is 0.577. The van der Waals surface area contributed by atoms with E-state index in [2.05, 4.69) is 41.5 Å². The molecule has 0 spiro atoms. The van der Waals surface area contributed by atoms with Crippen LogP contribution in [0.25, 0.3) is 10.6 Å². The number of anilines is 1. The number of thioether (sulfide) groups is 1. The highest BCUT2D eigenvalue weighted by atomic mass is 32.2. The highest BCUT2D eigenvalue weighted by Crippen LogP contribution is 2.26. The van der Waals surface area contributed by atoms with E-state index in [1.807, 2.05) is 5.38 Å². The zero-order valence-corrected chi connectivity index (χ0v) is 17.1. The maximum Gasteiger partial charge on any atom is 0.248 e. The van der Waals surface area contributed by atoms with E-state index in [1.54, 1.807) is 35.6 Å². The number of primary amides is 1. The number of aromatic nitrogens is 1. The Morgan fingerprint density at radius 2 is 1.82 bits per heavy atom. The number of carbonyl (C=O) groups is 2. The standard InChI is InChI=1S/C21H21N3O2S2/c1-2-14-3-5-16(6-4-14)21-24-18(12-28-21)11-27-13-19(25)23-17-9-7-15(8-10-17)20(22)26/h3-10,12H,2,11,13H2,1H3,(H2,22,26)(H,23,25). The molecule has 0 aliphatic carbocycles. The predicted octanol–water partition coefficient (Wildman–Crippen LogP) is 4.34. The van der Waals surface area contributed by atoms with Crippen LogP contribution in [-0.2, 0) is 17.0 Å². The van der Waals surface area contributed by atoms with Gasteiger partial charge < -0.3 is 11.1 Å². The number of amides is 2. The lowest BCUT2D eigenvalue weighted by atomic mass is 10.1. The van der Waals surface area contributed by atoms with Crippen LogP contribution >= 0.6 is 23.1 Å². The molecule has 7 heteroatoms. The summed E-state index contributed by atoms with van der Waals surface area (Å²) >= 11 is 3.13. The van der Waals surface area contributed by atoms with Gasteiger partial charge in [0.05, 0.1) is 11.4 Å². The molecule has 144 valence electrons. The van der Waals surface area contributed by atoms with Crippen LogP contribution in [0, 0.1) is 0 Å². The van der Waals surface area contributed by atoms with Crippen molar-refractivity contribution in [3.05, 3.63) is 70.7 Å². The van der Waals surface area contributed by atoms with Gasteiger partial charge in [0.25, 0.3) is 0 Å². The van der Waals surface area contributed by atoms with E-state index in [4.69, 9.17) is 5.73 Å². The summed E-state index contributed by atoms with van der Waals surface area (Å²) in [5.41, 5.74) is 9.66. The summed E-state index contributed by atoms with van der Waals surface area (Å²) in [7, 11) is 0. The number of thiazole rings is 1. The van der Waals surface area contributed by atoms with Crippen LogP contribution < -0.4 is 11.1 Å². The molecule has 28 heavy (non-hydrogen) atoms. The lowest BCUT2D eigenvalue weighted by Crippen LogP contribution is -2.15. The van der Waals surface area contributed by atoms with Crippen molar-refractivity contribution in [3.63, 3.8) is 0 Å². The molecule has 2 aromatic carbocycles. The molecule has 1 heterocycles. The average molecular weight is 412 g/mol. The Bertz CT molecular complexity index is 951. The molecule has 3 rings (SSSR count). The van der Waals surface area contributed by atoms with Gasteiger partial charge in [-0.2, -0.15) is 0 Å². The van der Waals surface area contributed by atoms with Crippen LogP contribution in [0.4, 0.5) is 5.69 Å². The van der Waals surface area contributed by atoms with Gasteiger partial charge in [0, 0.05) is 27.9 Å². The molecule has 2 amide bonds. The van der Waals surface area contributed by atoms with E-state index in [1.165, 1.54) is 17.3 Å². The van der Waals surface area contributed by atoms with E-state index in [0.29, 0.717) is 22.8 Å². The monoisotopic (exact) mass is 411 g/mol. The zero-order valence-electron chi connectivity index (χ0n) is 15.5. The Labute approximate surface area is 172 Å². The van der Waals surface area contributed by atoms with E-state index >= 15 is 0 Å². The number of aryl methyl sites for hydroxylation is 1. The fraction of sp³-hybridized carbons (Fsp3) is 0.190. The lowest BCUT2D eigenvalue weighted by Gasteiger charge is -2.05. The first-order valence-electron chi connectivity index (χ1n) is 8.86. The number of rotatable bonds is 8. The molecule has 1 aromatic heterocycles. The van der Waals surface area contributed by atoms with Gasteiger partial charge in [0.1, 0.15) is 5.01 Å². The largest absolute Gasteiger partial charge is 0.366 e. The highest BCUT2D eigenvalue weighted by Gasteiger charge is 2.08. The number of nitrogens with two attached hydrogens (primary N) is 1. The number of benzene rings is 2. The minimum Gasteiger partial charge on any atom is -0.366 e. The maximum absolute atomic E-state index is 12.1. The van der Waals surface area contributed by atoms with Crippen LogP contribution in [0.1, 0.15) is 28.5 Å². The van der Waals surface area contributed by atoms with Crippen molar-refractivity contribution in [3.8, 4) is 10.6 Å². The molecular weight excluding hydrogens is 390 g/mol. The second-order valence-electron chi connectivity index (χ2n) is 6.18. The van der Waals surface area contributed by atoms with Crippen molar-refractivity contribution in [1.29, 1.82) is 0 Å². The first kappa shape index (κ1) is 20.1. The zero-order chi connectivity index (χ0) is 19.9. The van der Waals surface area contributed by atoms with Gasteiger partial charge >= 0.3 is 0 Å². The molecule has 0 aliphatic heterocycles. The summed E-state index contributed by atoms with van der Waals surface area (Å²) in [5.74, 6) is 0.424. The Morgan fingerprint density at radius 1 is 1.11 bits per heavy atom. The first-order chi connectivity index (χ1) is 13.5. The van der Waals surface area contributed by atoms with E-state index in [-0.39, 0.29) is 5.91 Å². The number of nitrogens with one attached hydrogen (secondary N) is 1. The van der Waals surface area contributed by atoms with Crippen LogP contribution in [0.3, 0.4) is 0 Å². The molecule has 3 aromatic rings.